The Balaban J connectivity index is 1.80. The fourth-order valence-corrected chi connectivity index (χ4v) is 2.95. The van der Waals surface area contributed by atoms with E-state index < -0.39 is 6.04 Å². The van der Waals surface area contributed by atoms with Crippen LogP contribution in [0.2, 0.25) is 0 Å². The predicted octanol–water partition coefficient (Wildman–Crippen LogP) is 2.34. The van der Waals surface area contributed by atoms with Crippen molar-refractivity contribution in [1.82, 2.24) is 15.6 Å². The molecule has 1 aliphatic heterocycles. The van der Waals surface area contributed by atoms with Gasteiger partial charge in [-0.25, -0.2) is 4.39 Å². The number of nitrogens with one attached hydrogen (secondary N) is 2. The maximum Gasteiger partial charge on any atom is 0.220 e. The van der Waals surface area contributed by atoms with Crippen molar-refractivity contribution in [3.8, 4) is 5.75 Å². The minimum absolute atomic E-state index is 0.0579. The first-order valence-electron chi connectivity index (χ1n) is 7.92. The summed E-state index contributed by atoms with van der Waals surface area (Å²) >= 11 is 0. The largest absolute Gasteiger partial charge is 0.497 e. The van der Waals surface area contributed by atoms with E-state index in [4.69, 9.17) is 4.74 Å². The van der Waals surface area contributed by atoms with Gasteiger partial charge in [0.1, 0.15) is 11.6 Å². The molecule has 1 saturated heterocycles. The van der Waals surface area contributed by atoms with Gasteiger partial charge >= 0.3 is 0 Å². The number of carbonyl (C=O) groups excluding carboxylic acids is 1. The number of aromatic nitrogens is 1. The first kappa shape index (κ1) is 16.4. The zero-order chi connectivity index (χ0) is 16.9. The van der Waals surface area contributed by atoms with Gasteiger partial charge in [0.25, 0.3) is 0 Å². The molecular formula is C18H20FN3O2. The number of hydrogen-bond donors (Lipinski definition) is 2. The molecule has 0 radical (unpaired) electrons. The quantitative estimate of drug-likeness (QED) is 0.884. The highest BCUT2D eigenvalue weighted by Gasteiger charge is 2.31. The molecule has 0 saturated carbocycles. The number of carbonyl (C=O) groups is 1. The highest BCUT2D eigenvalue weighted by atomic mass is 19.1. The summed E-state index contributed by atoms with van der Waals surface area (Å²) in [5.74, 6) is 0.155. The first-order chi connectivity index (χ1) is 11.7. The highest BCUT2D eigenvalue weighted by molar-refractivity contribution is 5.77. The first-order valence-corrected chi connectivity index (χ1v) is 7.92. The van der Waals surface area contributed by atoms with Crippen molar-refractivity contribution >= 4 is 5.91 Å². The van der Waals surface area contributed by atoms with Crippen molar-refractivity contribution in [2.75, 3.05) is 7.11 Å². The average molecular weight is 329 g/mol. The van der Waals surface area contributed by atoms with Crippen LogP contribution in [0.3, 0.4) is 0 Å². The molecule has 0 aliphatic carbocycles. The van der Waals surface area contributed by atoms with Gasteiger partial charge in [0.2, 0.25) is 5.91 Å². The van der Waals surface area contributed by atoms with Crippen LogP contribution in [-0.2, 0) is 11.3 Å². The number of hydrogen-bond acceptors (Lipinski definition) is 4. The van der Waals surface area contributed by atoms with Gasteiger partial charge in [-0.1, -0.05) is 0 Å². The lowest BCUT2D eigenvalue weighted by Gasteiger charge is -2.33. The predicted molar refractivity (Wildman–Crippen MR) is 87.9 cm³/mol. The van der Waals surface area contributed by atoms with Crippen molar-refractivity contribution < 1.29 is 13.9 Å². The number of piperidine rings is 1. The van der Waals surface area contributed by atoms with E-state index in [9.17, 15) is 9.18 Å². The van der Waals surface area contributed by atoms with Crippen LogP contribution in [0.25, 0.3) is 0 Å². The molecule has 126 valence electrons. The molecule has 1 aromatic carbocycles. The number of nitrogens with zero attached hydrogens (tertiary/aromatic N) is 1. The van der Waals surface area contributed by atoms with E-state index in [1.807, 2.05) is 12.1 Å². The van der Waals surface area contributed by atoms with E-state index >= 15 is 0 Å². The summed E-state index contributed by atoms with van der Waals surface area (Å²) in [5, 5.41) is 6.32. The number of amides is 1. The normalized spacial score (nSPS) is 20.5. The smallest absolute Gasteiger partial charge is 0.220 e. The molecule has 3 rings (SSSR count). The summed E-state index contributed by atoms with van der Waals surface area (Å²) in [7, 11) is 1.54. The van der Waals surface area contributed by atoms with Crippen molar-refractivity contribution in [3.63, 3.8) is 0 Å². The highest BCUT2D eigenvalue weighted by Crippen LogP contribution is 2.29. The molecule has 2 heterocycles. The number of benzene rings is 1. The molecule has 1 aliphatic rings. The molecular weight excluding hydrogens is 309 g/mol. The SMILES string of the molecule is COc1ccc(F)c([C@@H]2NC(=O)CC[C@H]2NCc2ccncc2)c1. The number of pyridine rings is 1. The molecule has 6 heteroatoms. The molecule has 1 amide bonds. The number of rotatable bonds is 5. The van der Waals surface area contributed by atoms with Crippen LogP contribution >= 0.6 is 0 Å². The molecule has 24 heavy (non-hydrogen) atoms. The molecule has 0 spiro atoms. The monoisotopic (exact) mass is 329 g/mol. The van der Waals surface area contributed by atoms with Crippen LogP contribution in [0.5, 0.6) is 5.75 Å². The summed E-state index contributed by atoms with van der Waals surface area (Å²) in [6.07, 6.45) is 4.55. The summed E-state index contributed by atoms with van der Waals surface area (Å²) in [6.45, 7) is 0.630. The molecule has 1 aromatic heterocycles. The van der Waals surface area contributed by atoms with Gasteiger partial charge in [0.05, 0.1) is 13.2 Å². The van der Waals surface area contributed by atoms with Gasteiger partial charge in [-0.05, 0) is 42.3 Å². The molecule has 2 aromatic rings. The van der Waals surface area contributed by atoms with Crippen LogP contribution in [0.4, 0.5) is 4.39 Å². The molecule has 0 bridgehead atoms. The third-order valence-corrected chi connectivity index (χ3v) is 4.26. The Morgan fingerprint density at radius 3 is 2.88 bits per heavy atom. The second-order valence-electron chi connectivity index (χ2n) is 5.81. The minimum Gasteiger partial charge on any atom is -0.497 e. The Morgan fingerprint density at radius 1 is 1.33 bits per heavy atom. The average Bonchev–Trinajstić information content (AvgIpc) is 2.62. The van der Waals surface area contributed by atoms with Crippen molar-refractivity contribution in [1.29, 1.82) is 0 Å². The van der Waals surface area contributed by atoms with E-state index in [0.717, 1.165) is 5.56 Å². The van der Waals surface area contributed by atoms with Crippen LogP contribution in [-0.4, -0.2) is 24.0 Å². The number of halogens is 1. The Bertz CT molecular complexity index is 709. The lowest BCUT2D eigenvalue weighted by atomic mass is 9.91. The van der Waals surface area contributed by atoms with Gasteiger partial charge in [0.15, 0.2) is 0 Å². The Hall–Kier alpha value is -2.47. The van der Waals surface area contributed by atoms with Gasteiger partial charge in [-0.3, -0.25) is 9.78 Å². The van der Waals surface area contributed by atoms with Crippen LogP contribution in [0, 0.1) is 5.82 Å². The van der Waals surface area contributed by atoms with Crippen LogP contribution < -0.4 is 15.4 Å². The molecule has 5 nitrogen and oxygen atoms in total. The molecule has 2 atom stereocenters. The van der Waals surface area contributed by atoms with Gasteiger partial charge in [-0.15, -0.1) is 0 Å². The van der Waals surface area contributed by atoms with E-state index in [2.05, 4.69) is 15.6 Å². The summed E-state index contributed by atoms with van der Waals surface area (Å²) < 4.78 is 19.5. The number of methoxy groups -OCH3 is 1. The third-order valence-electron chi connectivity index (χ3n) is 4.26. The van der Waals surface area contributed by atoms with Crippen molar-refractivity contribution in [2.45, 2.75) is 31.5 Å². The van der Waals surface area contributed by atoms with E-state index in [-0.39, 0.29) is 17.8 Å². The fraction of sp³-hybridized carbons (Fsp3) is 0.333. The third kappa shape index (κ3) is 3.71. The molecule has 0 unspecified atom stereocenters. The molecule has 2 N–H and O–H groups in total. The van der Waals surface area contributed by atoms with E-state index in [0.29, 0.717) is 30.7 Å². The summed E-state index contributed by atoms with van der Waals surface area (Å²) in [4.78, 5) is 15.8. The Morgan fingerprint density at radius 2 is 2.12 bits per heavy atom. The number of ether oxygens (including phenoxy) is 1. The van der Waals surface area contributed by atoms with E-state index in [1.165, 1.54) is 13.2 Å². The van der Waals surface area contributed by atoms with Crippen LogP contribution in [0.15, 0.2) is 42.7 Å². The maximum atomic E-state index is 14.3. The minimum atomic E-state index is -0.428. The standard InChI is InChI=1S/C18H20FN3O2/c1-24-13-2-3-15(19)14(10-13)18-16(4-5-17(23)22-18)21-11-12-6-8-20-9-7-12/h2-3,6-10,16,18,21H,4-5,11H2,1H3,(H,22,23)/t16-,18+/m1/s1. The zero-order valence-corrected chi connectivity index (χ0v) is 13.5. The Kier molecular flexibility index (Phi) is 5.05. The second kappa shape index (κ2) is 7.40. The lowest BCUT2D eigenvalue weighted by molar-refractivity contribution is -0.123. The van der Waals surface area contributed by atoms with Crippen molar-refractivity contribution in [3.05, 3.63) is 59.7 Å². The van der Waals surface area contributed by atoms with Gasteiger partial charge in [-0.2, -0.15) is 0 Å². The lowest BCUT2D eigenvalue weighted by Crippen LogP contribution is -2.48. The fourth-order valence-electron chi connectivity index (χ4n) is 2.95. The van der Waals surface area contributed by atoms with Crippen molar-refractivity contribution in [2.24, 2.45) is 0 Å². The molecule has 1 fully saturated rings. The summed E-state index contributed by atoms with van der Waals surface area (Å²) in [5.41, 5.74) is 1.53. The van der Waals surface area contributed by atoms with E-state index in [1.54, 1.807) is 24.5 Å². The zero-order valence-electron chi connectivity index (χ0n) is 13.5. The maximum absolute atomic E-state index is 14.3. The topological polar surface area (TPSA) is 63.2 Å². The van der Waals surface area contributed by atoms with Gasteiger partial charge in [0, 0.05) is 37.0 Å². The second-order valence-corrected chi connectivity index (χ2v) is 5.81. The summed E-state index contributed by atoms with van der Waals surface area (Å²) in [6, 6.07) is 7.95. The Labute approximate surface area is 140 Å². The van der Waals surface area contributed by atoms with Crippen LogP contribution in [0.1, 0.15) is 30.0 Å². The van der Waals surface area contributed by atoms with Gasteiger partial charge < -0.3 is 15.4 Å².